The number of hydrogen-bond donors (Lipinski definition) is 1. The standard InChI is InChI=1S/C14H24ClN5/c1-10(14(2,3)4)16-12-17-11(15)18-13(19-12)20-8-6-5-7-9-20/h10H,5-9H2,1-4H3,(H,16,17,18,19). The Morgan fingerprint density at radius 2 is 1.75 bits per heavy atom. The van der Waals surface area contributed by atoms with E-state index >= 15 is 0 Å². The fourth-order valence-corrected chi connectivity index (χ4v) is 2.21. The number of piperidine rings is 1. The van der Waals surface area contributed by atoms with E-state index in [0.717, 1.165) is 13.1 Å². The summed E-state index contributed by atoms with van der Waals surface area (Å²) in [4.78, 5) is 15.1. The summed E-state index contributed by atoms with van der Waals surface area (Å²) >= 11 is 6.04. The average molecular weight is 298 g/mol. The van der Waals surface area contributed by atoms with Crippen molar-refractivity contribution in [3.8, 4) is 0 Å². The van der Waals surface area contributed by atoms with Gasteiger partial charge in [0.15, 0.2) is 0 Å². The Kier molecular flexibility index (Phi) is 4.68. The third kappa shape index (κ3) is 3.95. The van der Waals surface area contributed by atoms with Crippen molar-refractivity contribution in [3.63, 3.8) is 0 Å². The predicted octanol–water partition coefficient (Wildman–Crippen LogP) is 3.36. The lowest BCUT2D eigenvalue weighted by atomic mass is 9.88. The van der Waals surface area contributed by atoms with E-state index in [1.165, 1.54) is 19.3 Å². The van der Waals surface area contributed by atoms with Gasteiger partial charge in [0, 0.05) is 19.1 Å². The van der Waals surface area contributed by atoms with E-state index in [1.807, 2.05) is 0 Å². The lowest BCUT2D eigenvalue weighted by Gasteiger charge is -2.29. The molecule has 1 atom stereocenters. The van der Waals surface area contributed by atoms with E-state index in [1.54, 1.807) is 0 Å². The zero-order valence-electron chi connectivity index (χ0n) is 12.8. The van der Waals surface area contributed by atoms with Crippen molar-refractivity contribution in [3.05, 3.63) is 5.28 Å². The molecule has 0 amide bonds. The minimum atomic E-state index is 0.129. The van der Waals surface area contributed by atoms with Crippen LogP contribution in [0.5, 0.6) is 0 Å². The number of aromatic nitrogens is 3. The monoisotopic (exact) mass is 297 g/mol. The first-order valence-corrected chi connectivity index (χ1v) is 7.67. The summed E-state index contributed by atoms with van der Waals surface area (Å²) in [5, 5.41) is 3.58. The van der Waals surface area contributed by atoms with Crippen molar-refractivity contribution in [1.82, 2.24) is 15.0 Å². The van der Waals surface area contributed by atoms with E-state index in [2.05, 4.69) is 52.9 Å². The molecule has 0 radical (unpaired) electrons. The maximum atomic E-state index is 6.04. The maximum absolute atomic E-state index is 6.04. The smallest absolute Gasteiger partial charge is 0.231 e. The van der Waals surface area contributed by atoms with Gasteiger partial charge in [-0.25, -0.2) is 0 Å². The highest BCUT2D eigenvalue weighted by Crippen LogP contribution is 2.23. The summed E-state index contributed by atoms with van der Waals surface area (Å²) < 4.78 is 0. The van der Waals surface area contributed by atoms with Crippen LogP contribution in [0, 0.1) is 5.41 Å². The van der Waals surface area contributed by atoms with Gasteiger partial charge in [-0.3, -0.25) is 0 Å². The molecule has 1 unspecified atom stereocenters. The summed E-state index contributed by atoms with van der Waals surface area (Å²) in [5.74, 6) is 1.25. The molecule has 2 rings (SSSR count). The summed E-state index contributed by atoms with van der Waals surface area (Å²) in [6.07, 6.45) is 3.65. The molecule has 1 aliphatic rings. The fourth-order valence-electron chi connectivity index (χ4n) is 2.05. The molecule has 0 aliphatic carbocycles. The quantitative estimate of drug-likeness (QED) is 0.927. The van der Waals surface area contributed by atoms with Crippen LogP contribution in [0.2, 0.25) is 5.28 Å². The van der Waals surface area contributed by atoms with Gasteiger partial charge in [0.25, 0.3) is 0 Å². The Balaban J connectivity index is 2.15. The molecule has 112 valence electrons. The number of nitrogens with one attached hydrogen (secondary N) is 1. The van der Waals surface area contributed by atoms with Crippen LogP contribution in [0.1, 0.15) is 47.0 Å². The zero-order valence-corrected chi connectivity index (χ0v) is 13.5. The normalized spacial score (nSPS) is 17.9. The van der Waals surface area contributed by atoms with Crippen LogP contribution < -0.4 is 10.2 Å². The molecule has 1 aromatic rings. The maximum Gasteiger partial charge on any atom is 0.231 e. The van der Waals surface area contributed by atoms with Crippen molar-refractivity contribution in [2.45, 2.75) is 53.0 Å². The van der Waals surface area contributed by atoms with Gasteiger partial charge >= 0.3 is 0 Å². The average Bonchev–Trinajstić information content (AvgIpc) is 2.38. The molecular formula is C14H24ClN5. The minimum absolute atomic E-state index is 0.129. The van der Waals surface area contributed by atoms with Crippen LogP contribution in [-0.2, 0) is 0 Å². The van der Waals surface area contributed by atoms with Crippen LogP contribution in [0.25, 0.3) is 0 Å². The van der Waals surface area contributed by atoms with Crippen molar-refractivity contribution < 1.29 is 0 Å². The number of hydrogen-bond acceptors (Lipinski definition) is 5. The SMILES string of the molecule is CC(Nc1nc(Cl)nc(N2CCCCC2)n1)C(C)(C)C. The number of rotatable bonds is 3. The Hall–Kier alpha value is -1.10. The molecule has 6 heteroatoms. The van der Waals surface area contributed by atoms with Crippen LogP contribution in [-0.4, -0.2) is 34.1 Å². The van der Waals surface area contributed by atoms with Crippen LogP contribution in [0.15, 0.2) is 0 Å². The third-order valence-corrected chi connectivity index (χ3v) is 4.05. The molecule has 0 aromatic carbocycles. The van der Waals surface area contributed by atoms with Gasteiger partial charge in [-0.05, 0) is 43.2 Å². The first-order valence-electron chi connectivity index (χ1n) is 7.29. The van der Waals surface area contributed by atoms with E-state index in [0.29, 0.717) is 11.9 Å². The third-order valence-electron chi connectivity index (χ3n) is 3.88. The predicted molar refractivity (Wildman–Crippen MR) is 83.4 cm³/mol. The highest BCUT2D eigenvalue weighted by atomic mass is 35.5. The second kappa shape index (κ2) is 6.12. The van der Waals surface area contributed by atoms with Crippen molar-refractivity contribution >= 4 is 23.5 Å². The second-order valence-corrected chi connectivity index (χ2v) is 6.85. The summed E-state index contributed by atoms with van der Waals surface area (Å²) in [6.45, 7) is 10.7. The van der Waals surface area contributed by atoms with Gasteiger partial charge in [0.1, 0.15) is 0 Å². The van der Waals surface area contributed by atoms with E-state index < -0.39 is 0 Å². The summed E-state index contributed by atoms with van der Waals surface area (Å²) in [7, 11) is 0. The fraction of sp³-hybridized carbons (Fsp3) is 0.786. The van der Waals surface area contributed by atoms with Crippen molar-refractivity contribution in [2.75, 3.05) is 23.3 Å². The molecule has 2 heterocycles. The Bertz CT molecular complexity index is 451. The molecule has 1 aliphatic heterocycles. The Labute approximate surface area is 126 Å². The molecule has 1 saturated heterocycles. The van der Waals surface area contributed by atoms with Gasteiger partial charge in [-0.15, -0.1) is 0 Å². The highest BCUT2D eigenvalue weighted by Gasteiger charge is 2.22. The zero-order chi connectivity index (χ0) is 14.8. The topological polar surface area (TPSA) is 53.9 Å². The van der Waals surface area contributed by atoms with Crippen molar-refractivity contribution in [2.24, 2.45) is 5.41 Å². The van der Waals surface area contributed by atoms with Gasteiger partial charge in [0.2, 0.25) is 17.2 Å². The molecule has 0 bridgehead atoms. The lowest BCUT2D eigenvalue weighted by Crippen LogP contribution is -2.33. The molecule has 0 saturated carbocycles. The highest BCUT2D eigenvalue weighted by molar-refractivity contribution is 6.28. The molecule has 0 spiro atoms. The first kappa shape index (κ1) is 15.3. The number of halogens is 1. The Morgan fingerprint density at radius 1 is 1.10 bits per heavy atom. The largest absolute Gasteiger partial charge is 0.351 e. The van der Waals surface area contributed by atoms with Gasteiger partial charge in [-0.1, -0.05) is 20.8 Å². The molecular weight excluding hydrogens is 274 g/mol. The molecule has 1 aromatic heterocycles. The lowest BCUT2D eigenvalue weighted by molar-refractivity contribution is 0.358. The van der Waals surface area contributed by atoms with E-state index in [9.17, 15) is 0 Å². The van der Waals surface area contributed by atoms with Crippen molar-refractivity contribution in [1.29, 1.82) is 0 Å². The molecule has 20 heavy (non-hydrogen) atoms. The van der Waals surface area contributed by atoms with Gasteiger partial charge < -0.3 is 10.2 Å². The summed E-state index contributed by atoms with van der Waals surface area (Å²) in [5.41, 5.74) is 0.129. The molecule has 1 fully saturated rings. The molecule has 1 N–H and O–H groups in total. The van der Waals surface area contributed by atoms with Crippen LogP contribution >= 0.6 is 11.6 Å². The minimum Gasteiger partial charge on any atom is -0.351 e. The first-order chi connectivity index (χ1) is 9.36. The van der Waals surface area contributed by atoms with E-state index in [4.69, 9.17) is 11.6 Å². The van der Waals surface area contributed by atoms with Crippen LogP contribution in [0.4, 0.5) is 11.9 Å². The summed E-state index contributed by atoms with van der Waals surface area (Å²) in [6, 6.07) is 0.246. The van der Waals surface area contributed by atoms with Crippen LogP contribution in [0.3, 0.4) is 0 Å². The Morgan fingerprint density at radius 3 is 2.35 bits per heavy atom. The number of nitrogens with zero attached hydrogens (tertiary/aromatic N) is 4. The molecule has 5 nitrogen and oxygen atoms in total. The number of anilines is 2. The second-order valence-electron chi connectivity index (χ2n) is 6.51. The van der Waals surface area contributed by atoms with E-state index in [-0.39, 0.29) is 16.7 Å². The van der Waals surface area contributed by atoms with Gasteiger partial charge in [0.05, 0.1) is 0 Å². The van der Waals surface area contributed by atoms with Gasteiger partial charge in [-0.2, -0.15) is 15.0 Å².